The zero-order valence-corrected chi connectivity index (χ0v) is 11.2. The van der Waals surface area contributed by atoms with E-state index in [1.165, 1.54) is 0 Å². The molecule has 1 saturated heterocycles. The lowest BCUT2D eigenvalue weighted by molar-refractivity contribution is -0.119. The SMILES string of the molecule is CN1CCn2c(nnc2C2CCCN2CC(N)=O)C1. The summed E-state index contributed by atoms with van der Waals surface area (Å²) in [5.74, 6) is 1.75. The number of nitrogens with zero attached hydrogens (tertiary/aromatic N) is 5. The molecule has 1 atom stereocenters. The van der Waals surface area contributed by atoms with Crippen molar-refractivity contribution in [3.63, 3.8) is 0 Å². The number of likely N-dealkylation sites (N-methyl/N-ethyl adjacent to an activating group) is 1. The van der Waals surface area contributed by atoms with Crippen LogP contribution in [0, 0.1) is 0 Å². The average Bonchev–Trinajstić information content (AvgIpc) is 2.93. The summed E-state index contributed by atoms with van der Waals surface area (Å²) in [5.41, 5.74) is 5.31. The van der Waals surface area contributed by atoms with Crippen molar-refractivity contribution in [1.29, 1.82) is 0 Å². The lowest BCUT2D eigenvalue weighted by atomic mass is 10.2. The van der Waals surface area contributed by atoms with Gasteiger partial charge < -0.3 is 10.3 Å². The Kier molecular flexibility index (Phi) is 3.24. The summed E-state index contributed by atoms with van der Waals surface area (Å²) in [4.78, 5) is 15.5. The van der Waals surface area contributed by atoms with Crippen molar-refractivity contribution in [2.24, 2.45) is 5.73 Å². The smallest absolute Gasteiger partial charge is 0.231 e. The molecule has 0 radical (unpaired) electrons. The van der Waals surface area contributed by atoms with Gasteiger partial charge in [0.25, 0.3) is 0 Å². The molecule has 0 bridgehead atoms. The molecule has 1 amide bonds. The Balaban J connectivity index is 1.84. The van der Waals surface area contributed by atoms with Crippen LogP contribution in [0.1, 0.15) is 30.5 Å². The second-order valence-electron chi connectivity index (χ2n) is 5.46. The molecule has 7 nitrogen and oxygen atoms in total. The van der Waals surface area contributed by atoms with Gasteiger partial charge in [0.2, 0.25) is 5.91 Å². The molecule has 19 heavy (non-hydrogen) atoms. The van der Waals surface area contributed by atoms with Gasteiger partial charge in [-0.1, -0.05) is 0 Å². The quantitative estimate of drug-likeness (QED) is 0.784. The molecule has 2 aliphatic heterocycles. The molecule has 3 heterocycles. The van der Waals surface area contributed by atoms with Gasteiger partial charge in [0.1, 0.15) is 5.82 Å². The van der Waals surface area contributed by atoms with Crippen LogP contribution >= 0.6 is 0 Å². The molecule has 1 aromatic rings. The maximum atomic E-state index is 11.1. The summed E-state index contributed by atoms with van der Waals surface area (Å²) in [6.07, 6.45) is 2.11. The van der Waals surface area contributed by atoms with Crippen LogP contribution in [0.15, 0.2) is 0 Å². The molecular weight excluding hydrogens is 244 g/mol. The fourth-order valence-corrected chi connectivity index (χ4v) is 3.06. The molecule has 1 aromatic heterocycles. The summed E-state index contributed by atoms with van der Waals surface area (Å²) >= 11 is 0. The largest absolute Gasteiger partial charge is 0.369 e. The Labute approximate surface area is 112 Å². The highest BCUT2D eigenvalue weighted by Gasteiger charge is 2.32. The van der Waals surface area contributed by atoms with Gasteiger partial charge in [0, 0.05) is 13.1 Å². The monoisotopic (exact) mass is 264 g/mol. The number of amides is 1. The number of fused-ring (bicyclic) bond motifs is 1. The highest BCUT2D eigenvalue weighted by Crippen LogP contribution is 2.31. The van der Waals surface area contributed by atoms with E-state index in [0.29, 0.717) is 6.54 Å². The predicted molar refractivity (Wildman–Crippen MR) is 69.1 cm³/mol. The number of hydrogen-bond acceptors (Lipinski definition) is 5. The first-order chi connectivity index (χ1) is 9.15. The van der Waals surface area contributed by atoms with E-state index in [9.17, 15) is 4.79 Å². The molecule has 0 aromatic carbocycles. The number of carbonyl (C=O) groups excluding carboxylic acids is 1. The zero-order chi connectivity index (χ0) is 13.4. The van der Waals surface area contributed by atoms with E-state index >= 15 is 0 Å². The Morgan fingerprint density at radius 2 is 2.21 bits per heavy atom. The van der Waals surface area contributed by atoms with Gasteiger partial charge in [-0.15, -0.1) is 10.2 Å². The first-order valence-electron chi connectivity index (χ1n) is 6.78. The highest BCUT2D eigenvalue weighted by molar-refractivity contribution is 5.76. The standard InChI is InChI=1S/C12H20N6O/c1-16-5-6-18-11(8-16)14-15-12(18)9-3-2-4-17(9)7-10(13)19/h9H,2-8H2,1H3,(H2,13,19). The Hall–Kier alpha value is -1.47. The van der Waals surface area contributed by atoms with Crippen LogP contribution in [-0.2, 0) is 17.9 Å². The van der Waals surface area contributed by atoms with Crippen LogP contribution in [0.5, 0.6) is 0 Å². The fraction of sp³-hybridized carbons (Fsp3) is 0.750. The molecule has 104 valence electrons. The normalized spacial score (nSPS) is 24.6. The van der Waals surface area contributed by atoms with E-state index in [1.54, 1.807) is 0 Å². The zero-order valence-electron chi connectivity index (χ0n) is 11.2. The van der Waals surface area contributed by atoms with Crippen LogP contribution in [0.4, 0.5) is 0 Å². The maximum Gasteiger partial charge on any atom is 0.231 e. The summed E-state index contributed by atoms with van der Waals surface area (Å²) in [5, 5.41) is 8.66. The van der Waals surface area contributed by atoms with E-state index in [0.717, 1.165) is 50.7 Å². The molecule has 2 aliphatic rings. The summed E-state index contributed by atoms with van der Waals surface area (Å²) in [6, 6.07) is 0.192. The minimum absolute atomic E-state index is 0.192. The number of primary amides is 1. The van der Waals surface area contributed by atoms with Crippen molar-refractivity contribution >= 4 is 5.91 Å². The lowest BCUT2D eigenvalue weighted by Crippen LogP contribution is -2.36. The first-order valence-corrected chi connectivity index (χ1v) is 6.78. The van der Waals surface area contributed by atoms with Gasteiger partial charge in [-0.05, 0) is 26.4 Å². The number of nitrogens with two attached hydrogens (primary N) is 1. The van der Waals surface area contributed by atoms with E-state index in [1.807, 2.05) is 0 Å². The van der Waals surface area contributed by atoms with Crippen molar-refractivity contribution < 1.29 is 4.79 Å². The van der Waals surface area contributed by atoms with Gasteiger partial charge in [-0.25, -0.2) is 0 Å². The molecule has 3 rings (SSSR count). The van der Waals surface area contributed by atoms with Gasteiger partial charge in [-0.2, -0.15) is 0 Å². The van der Waals surface area contributed by atoms with Crippen molar-refractivity contribution in [1.82, 2.24) is 24.6 Å². The number of rotatable bonds is 3. The number of aromatic nitrogens is 3. The van der Waals surface area contributed by atoms with Crippen LogP contribution < -0.4 is 5.73 Å². The van der Waals surface area contributed by atoms with Gasteiger partial charge in [0.15, 0.2) is 5.82 Å². The Bertz CT molecular complexity index is 485. The van der Waals surface area contributed by atoms with E-state index in [-0.39, 0.29) is 11.9 Å². The summed E-state index contributed by atoms with van der Waals surface area (Å²) in [7, 11) is 2.09. The van der Waals surface area contributed by atoms with Crippen LogP contribution in [-0.4, -0.2) is 57.2 Å². The third kappa shape index (κ3) is 2.35. The number of carbonyl (C=O) groups is 1. The van der Waals surface area contributed by atoms with Crippen molar-refractivity contribution in [3.05, 3.63) is 11.6 Å². The van der Waals surface area contributed by atoms with E-state index in [4.69, 9.17) is 5.73 Å². The lowest BCUT2D eigenvalue weighted by Gasteiger charge is -2.27. The Morgan fingerprint density at radius 1 is 1.37 bits per heavy atom. The predicted octanol–water partition coefficient (Wildman–Crippen LogP) is -0.654. The number of likely N-dealkylation sites (tertiary alicyclic amines) is 1. The molecule has 7 heteroatoms. The molecule has 1 unspecified atom stereocenters. The van der Waals surface area contributed by atoms with E-state index in [2.05, 4.69) is 31.6 Å². The van der Waals surface area contributed by atoms with Crippen LogP contribution in [0.25, 0.3) is 0 Å². The van der Waals surface area contributed by atoms with Crippen molar-refractivity contribution in [2.45, 2.75) is 32.0 Å². The number of hydrogen-bond donors (Lipinski definition) is 1. The second-order valence-corrected chi connectivity index (χ2v) is 5.46. The maximum absolute atomic E-state index is 11.1. The van der Waals surface area contributed by atoms with Crippen molar-refractivity contribution in [2.75, 3.05) is 26.7 Å². The summed E-state index contributed by atoms with van der Waals surface area (Å²) < 4.78 is 2.21. The second kappa shape index (κ2) is 4.90. The molecule has 1 fully saturated rings. The highest BCUT2D eigenvalue weighted by atomic mass is 16.1. The third-order valence-electron chi connectivity index (χ3n) is 3.99. The van der Waals surface area contributed by atoms with Gasteiger partial charge >= 0.3 is 0 Å². The minimum atomic E-state index is -0.273. The molecule has 0 spiro atoms. The minimum Gasteiger partial charge on any atom is -0.369 e. The third-order valence-corrected chi connectivity index (χ3v) is 3.99. The van der Waals surface area contributed by atoms with Gasteiger partial charge in [-0.3, -0.25) is 14.6 Å². The fourth-order valence-electron chi connectivity index (χ4n) is 3.06. The Morgan fingerprint density at radius 3 is 3.00 bits per heavy atom. The molecular formula is C12H20N6O. The van der Waals surface area contributed by atoms with Crippen LogP contribution in [0.3, 0.4) is 0 Å². The molecule has 2 N–H and O–H groups in total. The van der Waals surface area contributed by atoms with E-state index < -0.39 is 0 Å². The van der Waals surface area contributed by atoms with Gasteiger partial charge in [0.05, 0.1) is 19.1 Å². The molecule has 0 aliphatic carbocycles. The first kappa shape index (κ1) is 12.6. The van der Waals surface area contributed by atoms with Crippen molar-refractivity contribution in [3.8, 4) is 0 Å². The molecule has 0 saturated carbocycles. The summed E-state index contributed by atoms with van der Waals surface area (Å²) in [6.45, 7) is 4.01. The average molecular weight is 264 g/mol. The topological polar surface area (TPSA) is 80.3 Å². The van der Waals surface area contributed by atoms with Crippen LogP contribution in [0.2, 0.25) is 0 Å².